The van der Waals surface area contributed by atoms with Crippen molar-refractivity contribution in [3.05, 3.63) is 36.0 Å². The number of phenols is 1. The third-order valence-electron chi connectivity index (χ3n) is 3.50. The van der Waals surface area contributed by atoms with Crippen molar-refractivity contribution >= 4 is 11.6 Å². The number of hydrogen-bond donors (Lipinski definition) is 1. The van der Waals surface area contributed by atoms with E-state index in [1.54, 1.807) is 24.0 Å². The van der Waals surface area contributed by atoms with E-state index in [2.05, 4.69) is 15.0 Å². The number of rotatable bonds is 2. The van der Waals surface area contributed by atoms with Gasteiger partial charge in [0.05, 0.1) is 0 Å². The molecule has 7 nitrogen and oxygen atoms in total. The predicted molar refractivity (Wildman–Crippen MR) is 75.3 cm³/mol. The summed E-state index contributed by atoms with van der Waals surface area (Å²) in [6.07, 6.45) is 0. The van der Waals surface area contributed by atoms with E-state index < -0.39 is 0 Å². The number of aromatic hydroxyl groups is 1. The normalized spacial score (nSPS) is 15.3. The van der Waals surface area contributed by atoms with Gasteiger partial charge < -0.3 is 19.4 Å². The molecule has 0 radical (unpaired) electrons. The van der Waals surface area contributed by atoms with Crippen LogP contribution in [0.2, 0.25) is 0 Å². The number of amides is 1. The molecule has 0 saturated carbocycles. The fraction of sp³-hybridized carbons (Fsp3) is 0.357. The van der Waals surface area contributed by atoms with Crippen LogP contribution in [0.3, 0.4) is 0 Å². The quantitative estimate of drug-likeness (QED) is 0.889. The monoisotopic (exact) mass is 288 g/mol. The molecule has 1 fully saturated rings. The number of carbonyl (C=O) groups is 1. The van der Waals surface area contributed by atoms with Crippen LogP contribution in [0.15, 0.2) is 28.8 Å². The first-order valence-electron chi connectivity index (χ1n) is 6.77. The van der Waals surface area contributed by atoms with Crippen molar-refractivity contribution in [2.75, 3.05) is 31.1 Å². The number of piperazine rings is 1. The molecule has 2 aromatic rings. The summed E-state index contributed by atoms with van der Waals surface area (Å²) in [5.74, 6) is 0.559. The second-order valence-corrected chi connectivity index (χ2v) is 4.93. The first kappa shape index (κ1) is 13.4. The van der Waals surface area contributed by atoms with E-state index in [9.17, 15) is 9.90 Å². The summed E-state index contributed by atoms with van der Waals surface area (Å²) in [5.41, 5.74) is 1.04. The molecule has 2 heterocycles. The van der Waals surface area contributed by atoms with Crippen LogP contribution in [0.25, 0.3) is 0 Å². The molecular weight excluding hydrogens is 272 g/mol. The molecule has 0 unspecified atom stereocenters. The maximum Gasteiger partial charge on any atom is 0.295 e. The molecule has 7 heteroatoms. The topological polar surface area (TPSA) is 82.7 Å². The molecule has 1 amide bonds. The standard InChI is InChI=1S/C14H16N4O3/c1-10-15-13(16-21-10)14(20)18-8-6-17(7-9-18)11-2-4-12(19)5-3-11/h2-5,19H,6-9H2,1H3. The molecule has 1 saturated heterocycles. The lowest BCUT2D eigenvalue weighted by molar-refractivity contribution is 0.0731. The van der Waals surface area contributed by atoms with E-state index in [-0.39, 0.29) is 17.5 Å². The summed E-state index contributed by atoms with van der Waals surface area (Å²) in [5, 5.41) is 13.0. The first-order chi connectivity index (χ1) is 10.1. The van der Waals surface area contributed by atoms with E-state index in [1.165, 1.54) is 0 Å². The van der Waals surface area contributed by atoms with Gasteiger partial charge in [-0.3, -0.25) is 4.79 Å². The van der Waals surface area contributed by atoms with Gasteiger partial charge in [0.2, 0.25) is 5.89 Å². The van der Waals surface area contributed by atoms with Gasteiger partial charge in [0, 0.05) is 38.8 Å². The van der Waals surface area contributed by atoms with E-state index in [4.69, 9.17) is 4.52 Å². The molecule has 21 heavy (non-hydrogen) atoms. The SMILES string of the molecule is Cc1nc(C(=O)N2CCN(c3ccc(O)cc3)CC2)no1. The average Bonchev–Trinajstić information content (AvgIpc) is 2.94. The Morgan fingerprint density at radius 2 is 1.86 bits per heavy atom. The second-order valence-electron chi connectivity index (χ2n) is 4.93. The lowest BCUT2D eigenvalue weighted by atomic mass is 10.2. The number of hydrogen-bond acceptors (Lipinski definition) is 6. The molecular formula is C14H16N4O3. The van der Waals surface area contributed by atoms with E-state index in [1.807, 2.05) is 12.1 Å². The van der Waals surface area contributed by atoms with Crippen molar-refractivity contribution in [3.63, 3.8) is 0 Å². The molecule has 0 spiro atoms. The lowest BCUT2D eigenvalue weighted by Gasteiger charge is -2.35. The maximum atomic E-state index is 12.2. The molecule has 1 aromatic heterocycles. The minimum atomic E-state index is -0.197. The average molecular weight is 288 g/mol. The molecule has 110 valence electrons. The van der Waals surface area contributed by atoms with Crippen molar-refractivity contribution < 1.29 is 14.4 Å². The van der Waals surface area contributed by atoms with Crippen molar-refractivity contribution in [2.24, 2.45) is 0 Å². The Bertz CT molecular complexity index is 630. The number of nitrogens with zero attached hydrogens (tertiary/aromatic N) is 4. The maximum absolute atomic E-state index is 12.2. The predicted octanol–water partition coefficient (Wildman–Crippen LogP) is 1.05. The smallest absolute Gasteiger partial charge is 0.295 e. The highest BCUT2D eigenvalue weighted by atomic mass is 16.5. The van der Waals surface area contributed by atoms with Crippen molar-refractivity contribution in [3.8, 4) is 5.75 Å². The Morgan fingerprint density at radius 1 is 1.19 bits per heavy atom. The molecule has 0 atom stereocenters. The van der Waals surface area contributed by atoms with Crippen LogP contribution >= 0.6 is 0 Å². The Balaban J connectivity index is 1.62. The Labute approximate surface area is 121 Å². The number of aromatic nitrogens is 2. The molecule has 3 rings (SSSR count). The van der Waals surface area contributed by atoms with Crippen LogP contribution in [0, 0.1) is 6.92 Å². The molecule has 1 aliphatic heterocycles. The fourth-order valence-electron chi connectivity index (χ4n) is 2.36. The summed E-state index contributed by atoms with van der Waals surface area (Å²) in [7, 11) is 0. The zero-order chi connectivity index (χ0) is 14.8. The van der Waals surface area contributed by atoms with Gasteiger partial charge >= 0.3 is 0 Å². The van der Waals surface area contributed by atoms with Crippen molar-refractivity contribution in [1.82, 2.24) is 15.0 Å². The number of benzene rings is 1. The zero-order valence-electron chi connectivity index (χ0n) is 11.7. The van der Waals surface area contributed by atoms with Crippen LogP contribution in [0.5, 0.6) is 5.75 Å². The highest BCUT2D eigenvalue weighted by molar-refractivity contribution is 5.90. The van der Waals surface area contributed by atoms with Gasteiger partial charge in [-0.25, -0.2) is 0 Å². The second kappa shape index (κ2) is 5.43. The van der Waals surface area contributed by atoms with Crippen LogP contribution in [0.4, 0.5) is 5.69 Å². The molecule has 1 N–H and O–H groups in total. The van der Waals surface area contributed by atoms with E-state index in [0.29, 0.717) is 19.0 Å². The molecule has 0 bridgehead atoms. The number of phenolic OH excluding ortho intramolecular Hbond substituents is 1. The number of aryl methyl sites for hydroxylation is 1. The van der Waals surface area contributed by atoms with Gasteiger partial charge in [0.15, 0.2) is 0 Å². The summed E-state index contributed by atoms with van der Waals surface area (Å²) < 4.78 is 4.84. The minimum Gasteiger partial charge on any atom is -0.508 e. The molecule has 0 aliphatic carbocycles. The summed E-state index contributed by atoms with van der Waals surface area (Å²) in [6.45, 7) is 4.33. The van der Waals surface area contributed by atoms with Gasteiger partial charge in [-0.05, 0) is 24.3 Å². The molecule has 1 aliphatic rings. The van der Waals surface area contributed by atoms with Crippen LogP contribution in [0.1, 0.15) is 16.5 Å². The zero-order valence-corrected chi connectivity index (χ0v) is 11.7. The van der Waals surface area contributed by atoms with Gasteiger partial charge in [-0.15, -0.1) is 0 Å². The van der Waals surface area contributed by atoms with Crippen LogP contribution in [-0.2, 0) is 0 Å². The third-order valence-corrected chi connectivity index (χ3v) is 3.50. The lowest BCUT2D eigenvalue weighted by Crippen LogP contribution is -2.49. The third kappa shape index (κ3) is 2.81. The van der Waals surface area contributed by atoms with Gasteiger partial charge in [0.25, 0.3) is 11.7 Å². The van der Waals surface area contributed by atoms with Gasteiger partial charge in [-0.1, -0.05) is 5.16 Å². The minimum absolute atomic E-state index is 0.116. The van der Waals surface area contributed by atoms with Crippen molar-refractivity contribution in [1.29, 1.82) is 0 Å². The summed E-state index contributed by atoms with van der Waals surface area (Å²) in [4.78, 5) is 20.0. The summed E-state index contributed by atoms with van der Waals surface area (Å²) in [6, 6.07) is 7.06. The van der Waals surface area contributed by atoms with Gasteiger partial charge in [0.1, 0.15) is 5.75 Å². The van der Waals surface area contributed by atoms with Crippen molar-refractivity contribution in [2.45, 2.75) is 6.92 Å². The Hall–Kier alpha value is -2.57. The van der Waals surface area contributed by atoms with Crippen LogP contribution < -0.4 is 4.90 Å². The largest absolute Gasteiger partial charge is 0.508 e. The first-order valence-corrected chi connectivity index (χ1v) is 6.77. The van der Waals surface area contributed by atoms with E-state index in [0.717, 1.165) is 18.8 Å². The fourth-order valence-corrected chi connectivity index (χ4v) is 2.36. The summed E-state index contributed by atoms with van der Waals surface area (Å²) >= 11 is 0. The highest BCUT2D eigenvalue weighted by Crippen LogP contribution is 2.20. The number of anilines is 1. The number of carbonyl (C=O) groups excluding carboxylic acids is 1. The van der Waals surface area contributed by atoms with Crippen LogP contribution in [-0.4, -0.2) is 52.2 Å². The Kier molecular flexibility index (Phi) is 3.47. The van der Waals surface area contributed by atoms with E-state index >= 15 is 0 Å². The molecule has 1 aromatic carbocycles. The Morgan fingerprint density at radius 3 is 2.43 bits per heavy atom. The highest BCUT2D eigenvalue weighted by Gasteiger charge is 2.25. The van der Waals surface area contributed by atoms with Gasteiger partial charge in [-0.2, -0.15) is 4.98 Å².